The number of esters is 1. The molecule has 4 rings (SSSR count). The van der Waals surface area contributed by atoms with Crippen LogP contribution in [0, 0.1) is 0 Å². The van der Waals surface area contributed by atoms with E-state index >= 15 is 0 Å². The molecule has 5 heteroatoms. The van der Waals surface area contributed by atoms with E-state index in [1.807, 2.05) is 72.8 Å². The van der Waals surface area contributed by atoms with Crippen molar-refractivity contribution in [2.24, 2.45) is 0 Å². The summed E-state index contributed by atoms with van der Waals surface area (Å²) in [7, 11) is 0. The number of hydrogen-bond donors (Lipinski definition) is 1. The van der Waals surface area contributed by atoms with Crippen LogP contribution in [-0.2, 0) is 14.3 Å². The zero-order chi connectivity index (χ0) is 24.5. The van der Waals surface area contributed by atoms with Crippen LogP contribution in [0.1, 0.15) is 39.1 Å². The number of hydrogen-bond acceptors (Lipinski definition) is 4. The minimum absolute atomic E-state index is 0.329. The van der Waals surface area contributed by atoms with Crippen LogP contribution < -0.4 is 5.32 Å². The molecule has 0 aliphatic heterocycles. The van der Waals surface area contributed by atoms with Gasteiger partial charge in [-0.2, -0.15) is 0 Å². The van der Waals surface area contributed by atoms with Gasteiger partial charge in [0.2, 0.25) is 11.7 Å². The Morgan fingerprint density at radius 3 is 1.51 bits per heavy atom. The highest BCUT2D eigenvalue weighted by molar-refractivity contribution is 6.01. The van der Waals surface area contributed by atoms with Crippen LogP contribution in [0.2, 0.25) is 0 Å². The molecule has 35 heavy (non-hydrogen) atoms. The quantitative estimate of drug-likeness (QED) is 0.277. The second kappa shape index (κ2) is 11.6. The lowest BCUT2D eigenvalue weighted by Gasteiger charge is -2.20. The van der Waals surface area contributed by atoms with Crippen LogP contribution in [0.15, 0.2) is 121 Å². The van der Waals surface area contributed by atoms with Gasteiger partial charge in [0.25, 0.3) is 0 Å². The predicted octanol–water partition coefficient (Wildman–Crippen LogP) is 5.10. The van der Waals surface area contributed by atoms with Gasteiger partial charge in [0.15, 0.2) is 6.10 Å². The highest BCUT2D eigenvalue weighted by Gasteiger charge is 2.27. The van der Waals surface area contributed by atoms with E-state index < -0.39 is 18.0 Å². The van der Waals surface area contributed by atoms with Crippen LogP contribution in [0.3, 0.4) is 0 Å². The highest BCUT2D eigenvalue weighted by Crippen LogP contribution is 2.25. The summed E-state index contributed by atoms with van der Waals surface area (Å²) in [6.07, 6.45) is -1.11. The number of rotatable bonds is 9. The first kappa shape index (κ1) is 23.6. The molecule has 0 bridgehead atoms. The van der Waals surface area contributed by atoms with Crippen molar-refractivity contribution in [3.8, 4) is 0 Å². The fourth-order valence-electron chi connectivity index (χ4n) is 3.88. The molecule has 174 valence electrons. The van der Waals surface area contributed by atoms with Crippen molar-refractivity contribution in [2.75, 3.05) is 6.54 Å². The molecule has 0 aromatic heterocycles. The van der Waals surface area contributed by atoms with Gasteiger partial charge in [0, 0.05) is 11.1 Å². The molecule has 1 amide bonds. The van der Waals surface area contributed by atoms with Gasteiger partial charge in [0.05, 0.1) is 5.92 Å². The number of Topliss-reactive ketones (excluding diaryl/α,β-unsaturated/α-hetero) is 1. The standard InChI is InChI=1S/C30H25NO4/c32-26(35-29(25-19-11-4-12-20-25)28(33)24-17-9-3-10-18-24)21-31-30(34)27(22-13-5-1-6-14-22)23-15-7-2-8-16-23/h1-20,27,29H,21H2,(H,31,34)/t29-/m0/s1. The van der Waals surface area contributed by atoms with Gasteiger partial charge < -0.3 is 10.1 Å². The number of nitrogens with one attached hydrogen (secondary N) is 1. The fourth-order valence-corrected chi connectivity index (χ4v) is 3.88. The largest absolute Gasteiger partial charge is 0.448 e. The molecule has 4 aromatic carbocycles. The summed E-state index contributed by atoms with van der Waals surface area (Å²) in [5.74, 6) is -1.94. The Morgan fingerprint density at radius 2 is 1.03 bits per heavy atom. The lowest BCUT2D eigenvalue weighted by Crippen LogP contribution is -2.36. The number of ketones is 1. The molecule has 0 radical (unpaired) electrons. The van der Waals surface area contributed by atoms with Gasteiger partial charge in [-0.1, -0.05) is 121 Å². The molecule has 5 nitrogen and oxygen atoms in total. The number of benzene rings is 4. The smallest absolute Gasteiger partial charge is 0.326 e. The Morgan fingerprint density at radius 1 is 0.600 bits per heavy atom. The molecule has 0 unspecified atom stereocenters. The summed E-state index contributed by atoms with van der Waals surface area (Å²) in [5.41, 5.74) is 2.62. The maximum atomic E-state index is 13.2. The van der Waals surface area contributed by atoms with Crippen molar-refractivity contribution in [3.05, 3.63) is 144 Å². The Labute approximate surface area is 204 Å². The molecule has 0 aliphatic rings. The molecule has 0 fully saturated rings. The van der Waals surface area contributed by atoms with Gasteiger partial charge in [-0.15, -0.1) is 0 Å². The maximum Gasteiger partial charge on any atom is 0.326 e. The SMILES string of the molecule is O=C(CNC(=O)C(c1ccccc1)c1ccccc1)O[C@H](C(=O)c1ccccc1)c1ccccc1. The Balaban J connectivity index is 1.48. The topological polar surface area (TPSA) is 72.5 Å². The third kappa shape index (κ3) is 6.09. The molecule has 1 atom stereocenters. The van der Waals surface area contributed by atoms with E-state index in [-0.39, 0.29) is 18.2 Å². The van der Waals surface area contributed by atoms with Crippen molar-refractivity contribution in [2.45, 2.75) is 12.0 Å². The second-order valence-electron chi connectivity index (χ2n) is 7.98. The number of carbonyl (C=O) groups excluding carboxylic acids is 3. The Kier molecular flexibility index (Phi) is 7.81. The average Bonchev–Trinajstić information content (AvgIpc) is 2.92. The lowest BCUT2D eigenvalue weighted by molar-refractivity contribution is -0.147. The van der Waals surface area contributed by atoms with E-state index in [0.717, 1.165) is 11.1 Å². The van der Waals surface area contributed by atoms with Gasteiger partial charge in [-0.3, -0.25) is 14.4 Å². The van der Waals surface area contributed by atoms with Crippen molar-refractivity contribution in [1.29, 1.82) is 0 Å². The van der Waals surface area contributed by atoms with Gasteiger partial charge in [-0.05, 0) is 11.1 Å². The molecule has 0 heterocycles. The molecule has 0 aliphatic carbocycles. The van der Waals surface area contributed by atoms with Crippen LogP contribution in [0.5, 0.6) is 0 Å². The van der Waals surface area contributed by atoms with Crippen LogP contribution in [0.25, 0.3) is 0 Å². The van der Waals surface area contributed by atoms with E-state index in [4.69, 9.17) is 4.74 Å². The predicted molar refractivity (Wildman–Crippen MR) is 134 cm³/mol. The molecule has 0 saturated heterocycles. The summed E-state index contributed by atoms with van der Waals surface area (Å²) in [6, 6.07) is 36.3. The minimum Gasteiger partial charge on any atom is -0.448 e. The van der Waals surface area contributed by atoms with E-state index in [9.17, 15) is 14.4 Å². The number of amides is 1. The third-order valence-electron chi connectivity index (χ3n) is 5.58. The Bertz CT molecular complexity index is 1220. The van der Waals surface area contributed by atoms with Crippen molar-refractivity contribution in [1.82, 2.24) is 5.32 Å². The summed E-state index contributed by atoms with van der Waals surface area (Å²) >= 11 is 0. The summed E-state index contributed by atoms with van der Waals surface area (Å²) in [4.78, 5) is 39.1. The molecular formula is C30H25NO4. The summed E-state index contributed by atoms with van der Waals surface area (Å²) in [5, 5.41) is 2.69. The zero-order valence-electron chi connectivity index (χ0n) is 19.0. The van der Waals surface area contributed by atoms with Crippen LogP contribution >= 0.6 is 0 Å². The van der Waals surface area contributed by atoms with Crippen molar-refractivity contribution >= 4 is 17.7 Å². The zero-order valence-corrected chi connectivity index (χ0v) is 19.0. The van der Waals surface area contributed by atoms with E-state index in [0.29, 0.717) is 11.1 Å². The first-order valence-corrected chi connectivity index (χ1v) is 11.3. The van der Waals surface area contributed by atoms with Crippen molar-refractivity contribution < 1.29 is 19.1 Å². The van der Waals surface area contributed by atoms with Gasteiger partial charge in [-0.25, -0.2) is 0 Å². The second-order valence-corrected chi connectivity index (χ2v) is 7.98. The molecule has 0 spiro atoms. The molecule has 4 aromatic rings. The first-order valence-electron chi connectivity index (χ1n) is 11.3. The minimum atomic E-state index is -1.11. The fraction of sp³-hybridized carbons (Fsp3) is 0.100. The lowest BCUT2D eigenvalue weighted by atomic mass is 9.90. The van der Waals surface area contributed by atoms with Gasteiger partial charge in [0.1, 0.15) is 6.54 Å². The molecule has 0 saturated carbocycles. The normalized spacial score (nSPS) is 11.5. The maximum absolute atomic E-state index is 13.2. The molecule has 1 N–H and O–H groups in total. The monoisotopic (exact) mass is 463 g/mol. The van der Waals surface area contributed by atoms with E-state index in [1.54, 1.807) is 48.5 Å². The average molecular weight is 464 g/mol. The van der Waals surface area contributed by atoms with Crippen LogP contribution in [0.4, 0.5) is 0 Å². The Hall–Kier alpha value is -4.51. The molecular weight excluding hydrogens is 438 g/mol. The van der Waals surface area contributed by atoms with Crippen molar-refractivity contribution in [3.63, 3.8) is 0 Å². The van der Waals surface area contributed by atoms with Crippen LogP contribution in [-0.4, -0.2) is 24.2 Å². The van der Waals surface area contributed by atoms with E-state index in [2.05, 4.69) is 5.32 Å². The van der Waals surface area contributed by atoms with Gasteiger partial charge >= 0.3 is 5.97 Å². The number of ether oxygens (including phenoxy) is 1. The summed E-state index contributed by atoms with van der Waals surface area (Å²) < 4.78 is 5.59. The highest BCUT2D eigenvalue weighted by atomic mass is 16.5. The third-order valence-corrected chi connectivity index (χ3v) is 5.58. The van der Waals surface area contributed by atoms with E-state index in [1.165, 1.54) is 0 Å². The number of carbonyl (C=O) groups is 3. The first-order chi connectivity index (χ1) is 17.1. The summed E-state index contributed by atoms with van der Waals surface area (Å²) in [6.45, 7) is -0.361.